The van der Waals surface area contributed by atoms with Gasteiger partial charge in [0.05, 0.1) is 16.5 Å². The molecule has 1 unspecified atom stereocenters. The molecule has 31 heavy (non-hydrogen) atoms. The van der Waals surface area contributed by atoms with Crippen LogP contribution < -0.4 is 5.32 Å². The van der Waals surface area contributed by atoms with Crippen LogP contribution in [0.2, 0.25) is 5.02 Å². The number of piperidine rings is 1. The molecule has 1 aromatic carbocycles. The van der Waals surface area contributed by atoms with Crippen LogP contribution in [-0.4, -0.2) is 41.0 Å². The third kappa shape index (κ3) is 4.61. The van der Waals surface area contributed by atoms with E-state index in [1.807, 2.05) is 0 Å². The number of hydrogen-bond donors (Lipinski definition) is 1. The zero-order valence-corrected chi connectivity index (χ0v) is 18.4. The lowest BCUT2D eigenvalue weighted by Gasteiger charge is -2.33. The van der Waals surface area contributed by atoms with Crippen LogP contribution in [0.15, 0.2) is 22.7 Å². The standard InChI is InChI=1S/C23H27ClFN3O3/c1-14-19(21(27-31-14)20-17(24)10-5-11-18(20)25)23(30)28-12-6-7-15(13-28)22(29)26-16-8-3-2-4-9-16/h5,10-11,15-16H,2-4,6-9,12-13H2,1H3,(H,26,29). The molecule has 6 nitrogen and oxygen atoms in total. The summed E-state index contributed by atoms with van der Waals surface area (Å²) in [7, 11) is 0. The van der Waals surface area contributed by atoms with Crippen LogP contribution in [0.5, 0.6) is 0 Å². The van der Waals surface area contributed by atoms with Crippen molar-refractivity contribution >= 4 is 23.4 Å². The molecule has 1 saturated heterocycles. The van der Waals surface area contributed by atoms with Gasteiger partial charge in [-0.2, -0.15) is 0 Å². The van der Waals surface area contributed by atoms with E-state index in [2.05, 4.69) is 10.5 Å². The summed E-state index contributed by atoms with van der Waals surface area (Å²) in [6.45, 7) is 2.48. The molecular formula is C23H27ClFN3O3. The van der Waals surface area contributed by atoms with Crippen molar-refractivity contribution in [3.8, 4) is 11.3 Å². The van der Waals surface area contributed by atoms with Gasteiger partial charge in [0, 0.05) is 19.1 Å². The molecule has 166 valence electrons. The van der Waals surface area contributed by atoms with E-state index in [9.17, 15) is 14.0 Å². The molecule has 2 fully saturated rings. The molecular weight excluding hydrogens is 421 g/mol. The summed E-state index contributed by atoms with van der Waals surface area (Å²) in [6.07, 6.45) is 7.04. The number of aromatic nitrogens is 1. The van der Waals surface area contributed by atoms with Crippen LogP contribution in [0.1, 0.15) is 61.1 Å². The zero-order valence-electron chi connectivity index (χ0n) is 17.6. The smallest absolute Gasteiger partial charge is 0.259 e. The Hall–Kier alpha value is -2.41. The van der Waals surface area contributed by atoms with Gasteiger partial charge < -0.3 is 14.7 Å². The van der Waals surface area contributed by atoms with Gasteiger partial charge in [0.2, 0.25) is 5.91 Å². The maximum Gasteiger partial charge on any atom is 0.259 e. The first-order valence-corrected chi connectivity index (χ1v) is 11.3. The number of likely N-dealkylation sites (tertiary alicyclic amines) is 1. The van der Waals surface area contributed by atoms with Gasteiger partial charge in [-0.1, -0.05) is 42.1 Å². The van der Waals surface area contributed by atoms with E-state index in [0.29, 0.717) is 18.8 Å². The second kappa shape index (κ2) is 9.39. The lowest BCUT2D eigenvalue weighted by molar-refractivity contribution is -0.127. The van der Waals surface area contributed by atoms with E-state index >= 15 is 0 Å². The fourth-order valence-corrected chi connectivity index (χ4v) is 4.87. The molecule has 2 heterocycles. The molecule has 2 aliphatic rings. The lowest BCUT2D eigenvalue weighted by atomic mass is 9.92. The number of amides is 2. The molecule has 1 N–H and O–H groups in total. The van der Waals surface area contributed by atoms with Gasteiger partial charge >= 0.3 is 0 Å². The maximum atomic E-state index is 14.5. The number of carbonyl (C=O) groups excluding carboxylic acids is 2. The molecule has 4 rings (SSSR count). The highest BCUT2D eigenvalue weighted by molar-refractivity contribution is 6.33. The van der Waals surface area contributed by atoms with Gasteiger partial charge in [-0.3, -0.25) is 9.59 Å². The summed E-state index contributed by atoms with van der Waals surface area (Å²) in [5, 5.41) is 7.26. The first-order chi connectivity index (χ1) is 15.0. The molecule has 0 spiro atoms. The average molecular weight is 448 g/mol. The van der Waals surface area contributed by atoms with Crippen molar-refractivity contribution in [3.05, 3.63) is 40.4 Å². The van der Waals surface area contributed by atoms with Gasteiger partial charge in [-0.25, -0.2) is 4.39 Å². The minimum Gasteiger partial charge on any atom is -0.360 e. The number of nitrogens with zero attached hydrogens (tertiary/aromatic N) is 2. The molecule has 1 aliphatic heterocycles. The molecule has 2 aromatic rings. The van der Waals surface area contributed by atoms with Crippen LogP contribution in [0.3, 0.4) is 0 Å². The van der Waals surface area contributed by atoms with Crippen LogP contribution in [0.4, 0.5) is 4.39 Å². The Bertz CT molecular complexity index is 951. The third-order valence-corrected chi connectivity index (χ3v) is 6.62. The molecule has 1 atom stereocenters. The van der Waals surface area contributed by atoms with Crippen molar-refractivity contribution < 1.29 is 18.5 Å². The van der Waals surface area contributed by atoms with Crippen molar-refractivity contribution in [1.82, 2.24) is 15.4 Å². The Morgan fingerprint density at radius 1 is 1.19 bits per heavy atom. The largest absolute Gasteiger partial charge is 0.360 e. The molecule has 2 amide bonds. The quantitative estimate of drug-likeness (QED) is 0.734. The lowest BCUT2D eigenvalue weighted by Crippen LogP contribution is -2.48. The predicted octanol–water partition coefficient (Wildman–Crippen LogP) is 4.74. The van der Waals surface area contributed by atoms with E-state index in [-0.39, 0.29) is 45.6 Å². The summed E-state index contributed by atoms with van der Waals surface area (Å²) < 4.78 is 19.7. The number of benzene rings is 1. The highest BCUT2D eigenvalue weighted by Crippen LogP contribution is 2.34. The van der Waals surface area contributed by atoms with Gasteiger partial charge in [-0.15, -0.1) is 0 Å². The summed E-state index contributed by atoms with van der Waals surface area (Å²) in [6, 6.07) is 4.55. The van der Waals surface area contributed by atoms with E-state index < -0.39 is 5.82 Å². The van der Waals surface area contributed by atoms with Crippen LogP contribution in [-0.2, 0) is 4.79 Å². The SMILES string of the molecule is Cc1onc(-c2c(F)cccc2Cl)c1C(=O)N1CCCC(C(=O)NC2CCCCC2)C1. The van der Waals surface area contributed by atoms with Crippen molar-refractivity contribution in [3.63, 3.8) is 0 Å². The molecule has 0 bridgehead atoms. The van der Waals surface area contributed by atoms with Crippen molar-refractivity contribution in [1.29, 1.82) is 0 Å². The highest BCUT2D eigenvalue weighted by atomic mass is 35.5. The van der Waals surface area contributed by atoms with Crippen LogP contribution in [0.25, 0.3) is 11.3 Å². The summed E-state index contributed by atoms with van der Waals surface area (Å²) in [4.78, 5) is 27.8. The van der Waals surface area contributed by atoms with Crippen LogP contribution in [0, 0.1) is 18.7 Å². The van der Waals surface area contributed by atoms with Gasteiger partial charge in [0.15, 0.2) is 0 Å². The molecule has 0 radical (unpaired) electrons. The summed E-state index contributed by atoms with van der Waals surface area (Å²) in [5.41, 5.74) is 0.340. The number of rotatable bonds is 4. The Balaban J connectivity index is 1.52. The summed E-state index contributed by atoms with van der Waals surface area (Å²) in [5.74, 6) is -0.821. The average Bonchev–Trinajstić information content (AvgIpc) is 3.15. The molecule has 1 aliphatic carbocycles. The fourth-order valence-electron chi connectivity index (χ4n) is 4.62. The minimum atomic E-state index is -0.571. The van der Waals surface area contributed by atoms with E-state index in [0.717, 1.165) is 38.5 Å². The zero-order chi connectivity index (χ0) is 22.0. The molecule has 1 aromatic heterocycles. The monoisotopic (exact) mass is 447 g/mol. The van der Waals surface area contributed by atoms with E-state index in [4.69, 9.17) is 16.1 Å². The van der Waals surface area contributed by atoms with Crippen molar-refractivity contribution in [2.45, 2.75) is 57.9 Å². The van der Waals surface area contributed by atoms with Crippen LogP contribution >= 0.6 is 11.6 Å². The second-order valence-corrected chi connectivity index (χ2v) is 8.90. The normalized spacial score (nSPS) is 20.0. The first-order valence-electron chi connectivity index (χ1n) is 11.0. The van der Waals surface area contributed by atoms with Crippen molar-refractivity contribution in [2.75, 3.05) is 13.1 Å². The maximum absolute atomic E-state index is 14.5. The number of nitrogens with one attached hydrogen (secondary N) is 1. The molecule has 8 heteroatoms. The van der Waals surface area contributed by atoms with Gasteiger partial charge in [0.25, 0.3) is 5.91 Å². The van der Waals surface area contributed by atoms with Gasteiger partial charge in [-0.05, 0) is 44.7 Å². The number of halogens is 2. The summed E-state index contributed by atoms with van der Waals surface area (Å²) >= 11 is 6.19. The topological polar surface area (TPSA) is 75.4 Å². The van der Waals surface area contributed by atoms with E-state index in [1.54, 1.807) is 17.9 Å². The van der Waals surface area contributed by atoms with E-state index in [1.165, 1.54) is 18.6 Å². The fraction of sp³-hybridized carbons (Fsp3) is 0.522. The number of aryl methyl sites for hydroxylation is 1. The van der Waals surface area contributed by atoms with Crippen molar-refractivity contribution in [2.24, 2.45) is 5.92 Å². The molecule has 1 saturated carbocycles. The first kappa shape index (κ1) is 21.8. The Labute approximate surface area is 186 Å². The Morgan fingerprint density at radius 2 is 1.97 bits per heavy atom. The number of carbonyl (C=O) groups is 2. The van der Waals surface area contributed by atoms with Gasteiger partial charge in [0.1, 0.15) is 22.8 Å². The predicted molar refractivity (Wildman–Crippen MR) is 115 cm³/mol. The second-order valence-electron chi connectivity index (χ2n) is 8.49. The number of hydrogen-bond acceptors (Lipinski definition) is 4. The minimum absolute atomic E-state index is 0.0174. The highest BCUT2D eigenvalue weighted by Gasteiger charge is 2.34. The third-order valence-electron chi connectivity index (χ3n) is 6.31. The Morgan fingerprint density at radius 3 is 2.71 bits per heavy atom. The Kier molecular flexibility index (Phi) is 6.60.